The molecule has 0 spiro atoms. The number of hydrogen-bond donors (Lipinski definition) is 0. The number of rotatable bonds is 2. The number of anilines is 1. The van der Waals surface area contributed by atoms with Gasteiger partial charge in [0.05, 0.1) is 13.7 Å². The Labute approximate surface area is 123 Å². The summed E-state index contributed by atoms with van der Waals surface area (Å²) in [6.45, 7) is 7.60. The fourth-order valence-electron chi connectivity index (χ4n) is 2.55. The quantitative estimate of drug-likeness (QED) is 0.788. The van der Waals surface area contributed by atoms with E-state index in [1.54, 1.807) is 24.1 Å². The van der Waals surface area contributed by atoms with Crippen LogP contribution in [0.2, 0.25) is 0 Å². The molecular formula is C17H14N2O2. The zero-order chi connectivity index (χ0) is 14.8. The minimum Gasteiger partial charge on any atom is -0.497 e. The number of benzene rings is 2. The predicted octanol–water partition coefficient (Wildman–Crippen LogP) is 3.45. The molecule has 1 aliphatic rings. The molecule has 0 atom stereocenters. The molecule has 4 nitrogen and oxygen atoms in total. The summed E-state index contributed by atoms with van der Waals surface area (Å²) in [6.07, 6.45) is 0.794. The maximum Gasteiger partial charge on any atom is 0.258 e. The van der Waals surface area contributed by atoms with Crippen molar-refractivity contribution >= 4 is 17.3 Å². The van der Waals surface area contributed by atoms with Gasteiger partial charge in [0.2, 0.25) is 0 Å². The van der Waals surface area contributed by atoms with Crippen LogP contribution in [-0.2, 0) is 6.42 Å². The van der Waals surface area contributed by atoms with Gasteiger partial charge >= 0.3 is 0 Å². The molecule has 0 unspecified atom stereocenters. The second-order valence-corrected chi connectivity index (χ2v) is 4.86. The van der Waals surface area contributed by atoms with Gasteiger partial charge in [0.25, 0.3) is 5.91 Å². The highest BCUT2D eigenvalue weighted by molar-refractivity contribution is 6.08. The van der Waals surface area contributed by atoms with E-state index in [0.717, 1.165) is 29.0 Å². The van der Waals surface area contributed by atoms with Crippen molar-refractivity contribution in [3.63, 3.8) is 0 Å². The molecule has 3 rings (SSSR count). The molecule has 4 heteroatoms. The van der Waals surface area contributed by atoms with Gasteiger partial charge in [0.1, 0.15) is 5.75 Å². The minimum atomic E-state index is -0.00512. The van der Waals surface area contributed by atoms with Crippen molar-refractivity contribution in [1.82, 2.24) is 0 Å². The Hall–Kier alpha value is -2.80. The van der Waals surface area contributed by atoms with Gasteiger partial charge in [-0.05, 0) is 42.3 Å². The molecule has 0 bridgehead atoms. The number of ether oxygens (including phenoxy) is 1. The molecule has 0 aliphatic carbocycles. The third-order valence-corrected chi connectivity index (χ3v) is 3.68. The summed E-state index contributed by atoms with van der Waals surface area (Å²) in [4.78, 5) is 17.7. The molecule has 2 aromatic rings. The van der Waals surface area contributed by atoms with Gasteiger partial charge in [-0.25, -0.2) is 4.85 Å². The van der Waals surface area contributed by atoms with E-state index in [2.05, 4.69) is 4.85 Å². The summed E-state index contributed by atoms with van der Waals surface area (Å²) < 4.78 is 5.20. The van der Waals surface area contributed by atoms with Crippen LogP contribution in [0.5, 0.6) is 5.75 Å². The van der Waals surface area contributed by atoms with Gasteiger partial charge < -0.3 is 9.64 Å². The molecule has 1 amide bonds. The second kappa shape index (κ2) is 5.29. The smallest absolute Gasteiger partial charge is 0.258 e. The van der Waals surface area contributed by atoms with Crippen molar-refractivity contribution in [3.8, 4) is 5.75 Å². The van der Waals surface area contributed by atoms with Crippen LogP contribution in [0.4, 0.5) is 11.4 Å². The first-order chi connectivity index (χ1) is 10.2. The first-order valence-electron chi connectivity index (χ1n) is 6.69. The first-order valence-corrected chi connectivity index (χ1v) is 6.69. The highest BCUT2D eigenvalue weighted by atomic mass is 16.5. The predicted molar refractivity (Wildman–Crippen MR) is 81.1 cm³/mol. The van der Waals surface area contributed by atoms with Crippen LogP contribution < -0.4 is 9.64 Å². The lowest BCUT2D eigenvalue weighted by molar-refractivity contribution is 0.0980. The van der Waals surface area contributed by atoms with Crippen molar-refractivity contribution in [2.45, 2.75) is 6.42 Å². The fourth-order valence-corrected chi connectivity index (χ4v) is 2.55. The Morgan fingerprint density at radius 2 is 1.95 bits per heavy atom. The first kappa shape index (κ1) is 13.2. The number of methoxy groups -OCH3 is 1. The van der Waals surface area contributed by atoms with E-state index >= 15 is 0 Å². The summed E-state index contributed by atoms with van der Waals surface area (Å²) in [5.74, 6) is 0.769. The Bertz CT molecular complexity index is 729. The van der Waals surface area contributed by atoms with Gasteiger partial charge in [-0.2, -0.15) is 0 Å². The zero-order valence-electron chi connectivity index (χ0n) is 11.7. The molecule has 1 heterocycles. The van der Waals surface area contributed by atoms with Crippen LogP contribution in [0.25, 0.3) is 4.85 Å². The maximum absolute atomic E-state index is 12.6. The van der Waals surface area contributed by atoms with E-state index in [1.165, 1.54) is 0 Å². The molecule has 0 N–H and O–H groups in total. The Balaban J connectivity index is 1.93. The van der Waals surface area contributed by atoms with Crippen LogP contribution in [0.15, 0.2) is 42.5 Å². The van der Waals surface area contributed by atoms with E-state index in [4.69, 9.17) is 11.3 Å². The normalized spacial score (nSPS) is 13.5. The highest BCUT2D eigenvalue weighted by Gasteiger charge is 2.25. The van der Waals surface area contributed by atoms with Crippen molar-refractivity contribution < 1.29 is 9.53 Å². The molecular weight excluding hydrogens is 264 g/mol. The SMILES string of the molecule is [C-]#[N+]c1ccc(N2CCc3cc(OC)ccc3C2=O)cc1. The van der Waals surface area contributed by atoms with E-state index in [9.17, 15) is 4.79 Å². The summed E-state index contributed by atoms with van der Waals surface area (Å²) in [6, 6.07) is 12.7. The van der Waals surface area contributed by atoms with E-state index in [1.807, 2.05) is 30.3 Å². The standard InChI is InChI=1S/C17H14N2O2/c1-18-13-3-5-14(6-4-13)19-10-9-12-11-15(21-2)7-8-16(12)17(19)20/h3-8,11H,9-10H2,2H3. The molecule has 0 fully saturated rings. The van der Waals surface area contributed by atoms with Crippen LogP contribution in [0, 0.1) is 6.57 Å². The fraction of sp³-hybridized carbons (Fsp3) is 0.176. The summed E-state index contributed by atoms with van der Waals surface area (Å²) >= 11 is 0. The van der Waals surface area contributed by atoms with Gasteiger partial charge in [-0.15, -0.1) is 0 Å². The second-order valence-electron chi connectivity index (χ2n) is 4.86. The summed E-state index contributed by atoms with van der Waals surface area (Å²) in [5, 5.41) is 0. The molecule has 2 aromatic carbocycles. The van der Waals surface area contributed by atoms with Gasteiger partial charge in [-0.3, -0.25) is 4.79 Å². The van der Waals surface area contributed by atoms with Crippen molar-refractivity contribution in [2.24, 2.45) is 0 Å². The van der Waals surface area contributed by atoms with E-state index < -0.39 is 0 Å². The Kier molecular flexibility index (Phi) is 3.33. The lowest BCUT2D eigenvalue weighted by Crippen LogP contribution is -2.37. The lowest BCUT2D eigenvalue weighted by Gasteiger charge is -2.29. The number of amides is 1. The monoisotopic (exact) mass is 278 g/mol. The molecule has 0 aromatic heterocycles. The number of carbonyl (C=O) groups is 1. The Morgan fingerprint density at radius 3 is 2.62 bits per heavy atom. The Morgan fingerprint density at radius 1 is 1.19 bits per heavy atom. The third kappa shape index (κ3) is 2.34. The average Bonchev–Trinajstić information content (AvgIpc) is 2.55. The minimum absolute atomic E-state index is 0.00512. The molecule has 0 radical (unpaired) electrons. The number of carbonyl (C=O) groups excluding carboxylic acids is 1. The van der Waals surface area contributed by atoms with Crippen molar-refractivity contribution in [3.05, 3.63) is 65.0 Å². The van der Waals surface area contributed by atoms with Crippen molar-refractivity contribution in [1.29, 1.82) is 0 Å². The zero-order valence-corrected chi connectivity index (χ0v) is 11.7. The lowest BCUT2D eigenvalue weighted by atomic mass is 9.98. The molecule has 1 aliphatic heterocycles. The third-order valence-electron chi connectivity index (χ3n) is 3.68. The summed E-state index contributed by atoms with van der Waals surface area (Å²) in [7, 11) is 1.62. The van der Waals surface area contributed by atoms with Crippen LogP contribution >= 0.6 is 0 Å². The van der Waals surface area contributed by atoms with E-state index in [-0.39, 0.29) is 5.91 Å². The maximum atomic E-state index is 12.6. The van der Waals surface area contributed by atoms with Crippen LogP contribution in [0.1, 0.15) is 15.9 Å². The summed E-state index contributed by atoms with van der Waals surface area (Å²) in [5.41, 5.74) is 3.15. The number of nitrogens with zero attached hydrogens (tertiary/aromatic N) is 2. The number of fused-ring (bicyclic) bond motifs is 1. The van der Waals surface area contributed by atoms with Crippen LogP contribution in [0.3, 0.4) is 0 Å². The molecule has 0 saturated heterocycles. The van der Waals surface area contributed by atoms with Crippen LogP contribution in [-0.4, -0.2) is 19.6 Å². The van der Waals surface area contributed by atoms with Crippen molar-refractivity contribution in [2.75, 3.05) is 18.6 Å². The largest absolute Gasteiger partial charge is 0.497 e. The van der Waals surface area contributed by atoms with E-state index in [0.29, 0.717) is 12.2 Å². The number of hydrogen-bond acceptors (Lipinski definition) is 2. The van der Waals surface area contributed by atoms with Gasteiger partial charge in [-0.1, -0.05) is 12.1 Å². The molecule has 0 saturated carbocycles. The average molecular weight is 278 g/mol. The topological polar surface area (TPSA) is 33.9 Å². The molecule has 104 valence electrons. The van der Waals surface area contributed by atoms with Gasteiger partial charge in [0.15, 0.2) is 5.69 Å². The van der Waals surface area contributed by atoms with Gasteiger partial charge in [0, 0.05) is 17.8 Å². The highest BCUT2D eigenvalue weighted by Crippen LogP contribution is 2.28. The molecule has 21 heavy (non-hydrogen) atoms.